The van der Waals surface area contributed by atoms with Crippen molar-refractivity contribution < 1.29 is 0 Å². The number of halogens is 2. The molecule has 0 aliphatic carbocycles. The third-order valence-corrected chi connectivity index (χ3v) is 5.14. The lowest BCUT2D eigenvalue weighted by Gasteiger charge is -2.16. The van der Waals surface area contributed by atoms with E-state index in [0.717, 1.165) is 10.9 Å². The van der Waals surface area contributed by atoms with Gasteiger partial charge in [0.05, 0.1) is 0 Å². The van der Waals surface area contributed by atoms with E-state index >= 15 is 0 Å². The zero-order valence-corrected chi connectivity index (χ0v) is 15.0. The largest absolute Gasteiger partial charge is 0.0835 e. The molecule has 1 unspecified atom stereocenters. The molecule has 0 fully saturated rings. The summed E-state index contributed by atoms with van der Waals surface area (Å²) in [6.45, 7) is 2.19. The van der Waals surface area contributed by atoms with E-state index in [1.807, 2.05) is 0 Å². The Bertz CT molecular complexity index is 760. The van der Waals surface area contributed by atoms with Gasteiger partial charge in [0, 0.05) is 9.30 Å². The molecule has 3 rings (SSSR count). The maximum absolute atomic E-state index is 3.90. The first-order chi connectivity index (χ1) is 10.1. The smallest absolute Gasteiger partial charge is 0.0444 e. The van der Waals surface area contributed by atoms with E-state index in [9.17, 15) is 0 Å². The predicted octanol–water partition coefficient (Wildman–Crippen LogP) is 6.59. The minimum atomic E-state index is 0.324. The van der Waals surface area contributed by atoms with Crippen molar-refractivity contribution in [3.8, 4) is 0 Å². The Morgan fingerprint density at radius 1 is 0.905 bits per heavy atom. The van der Waals surface area contributed by atoms with Gasteiger partial charge in [0.2, 0.25) is 0 Å². The highest BCUT2D eigenvalue weighted by molar-refractivity contribution is 9.10. The Kier molecular flexibility index (Phi) is 4.46. The summed E-state index contributed by atoms with van der Waals surface area (Å²) >= 11 is 7.39. The van der Waals surface area contributed by atoms with Crippen LogP contribution in [0.5, 0.6) is 0 Å². The van der Waals surface area contributed by atoms with Crippen molar-refractivity contribution in [2.45, 2.75) is 18.2 Å². The second-order valence-corrected chi connectivity index (χ2v) is 7.34. The lowest BCUT2D eigenvalue weighted by molar-refractivity contribution is 0.947. The third kappa shape index (κ3) is 3.22. The van der Waals surface area contributed by atoms with Gasteiger partial charge in [-0.2, -0.15) is 0 Å². The number of alkyl halides is 1. The van der Waals surface area contributed by atoms with Gasteiger partial charge in [0.15, 0.2) is 0 Å². The monoisotopic (exact) mass is 402 g/mol. The summed E-state index contributed by atoms with van der Waals surface area (Å²) < 4.78 is 1.12. The van der Waals surface area contributed by atoms with Gasteiger partial charge in [-0.15, -0.1) is 0 Å². The number of fused-ring (bicyclic) bond motifs is 1. The first-order valence-electron chi connectivity index (χ1n) is 7.02. The van der Waals surface area contributed by atoms with Crippen LogP contribution in [0.3, 0.4) is 0 Å². The van der Waals surface area contributed by atoms with Crippen molar-refractivity contribution in [1.29, 1.82) is 0 Å². The molecule has 3 aromatic rings. The average Bonchev–Trinajstić information content (AvgIpc) is 2.49. The fourth-order valence-electron chi connectivity index (χ4n) is 2.75. The zero-order valence-electron chi connectivity index (χ0n) is 11.8. The summed E-state index contributed by atoms with van der Waals surface area (Å²) in [7, 11) is 0. The van der Waals surface area contributed by atoms with Crippen molar-refractivity contribution in [3.63, 3.8) is 0 Å². The highest BCUT2D eigenvalue weighted by Crippen LogP contribution is 2.35. The quantitative estimate of drug-likeness (QED) is 0.432. The molecular weight excluding hydrogens is 388 g/mol. The lowest BCUT2D eigenvalue weighted by Crippen LogP contribution is -1.99. The first kappa shape index (κ1) is 14.8. The van der Waals surface area contributed by atoms with Crippen LogP contribution in [-0.2, 0) is 6.42 Å². The number of hydrogen-bond donors (Lipinski definition) is 0. The molecule has 1 atom stereocenters. The summed E-state index contributed by atoms with van der Waals surface area (Å²) in [5.74, 6) is 0. The molecule has 0 bridgehead atoms. The molecule has 0 N–H and O–H groups in total. The van der Waals surface area contributed by atoms with E-state index in [2.05, 4.69) is 99.4 Å². The van der Waals surface area contributed by atoms with E-state index in [1.54, 1.807) is 0 Å². The van der Waals surface area contributed by atoms with Crippen LogP contribution in [0, 0.1) is 6.92 Å². The second kappa shape index (κ2) is 6.33. The molecule has 0 aliphatic rings. The molecule has 2 heteroatoms. The molecule has 0 radical (unpaired) electrons. The van der Waals surface area contributed by atoms with Crippen molar-refractivity contribution in [3.05, 3.63) is 81.8 Å². The van der Waals surface area contributed by atoms with Gasteiger partial charge < -0.3 is 0 Å². The van der Waals surface area contributed by atoms with Gasteiger partial charge in [-0.05, 0) is 52.9 Å². The standard InChI is InChI=1S/C19H16Br2/c1-13-6-9-15-4-2-3-5-17(15)19(13)18(21)12-14-7-10-16(20)11-8-14/h2-11,18H,12H2,1H3. The molecule has 21 heavy (non-hydrogen) atoms. The molecule has 0 aromatic heterocycles. The van der Waals surface area contributed by atoms with Crippen molar-refractivity contribution in [2.24, 2.45) is 0 Å². The molecule has 0 saturated heterocycles. The van der Waals surface area contributed by atoms with Gasteiger partial charge in [-0.25, -0.2) is 0 Å². The van der Waals surface area contributed by atoms with Gasteiger partial charge in [-0.1, -0.05) is 80.4 Å². The van der Waals surface area contributed by atoms with E-state index in [1.165, 1.54) is 27.5 Å². The van der Waals surface area contributed by atoms with Crippen LogP contribution < -0.4 is 0 Å². The van der Waals surface area contributed by atoms with Gasteiger partial charge in [0.25, 0.3) is 0 Å². The molecule has 3 aromatic carbocycles. The van der Waals surface area contributed by atoms with Crippen LogP contribution in [0.25, 0.3) is 10.8 Å². The Morgan fingerprint density at radius 3 is 2.38 bits per heavy atom. The molecule has 0 amide bonds. The zero-order chi connectivity index (χ0) is 14.8. The average molecular weight is 404 g/mol. The second-order valence-electron chi connectivity index (χ2n) is 5.32. The van der Waals surface area contributed by atoms with Crippen LogP contribution in [0.2, 0.25) is 0 Å². The summed E-state index contributed by atoms with van der Waals surface area (Å²) in [6, 6.07) is 21.6. The fourth-order valence-corrected chi connectivity index (χ4v) is 4.00. The maximum atomic E-state index is 3.90. The lowest BCUT2D eigenvalue weighted by atomic mass is 9.94. The van der Waals surface area contributed by atoms with Crippen molar-refractivity contribution in [1.82, 2.24) is 0 Å². The summed E-state index contributed by atoms with van der Waals surface area (Å²) in [5, 5.41) is 2.65. The van der Waals surface area contributed by atoms with Gasteiger partial charge >= 0.3 is 0 Å². The third-order valence-electron chi connectivity index (χ3n) is 3.83. The predicted molar refractivity (Wildman–Crippen MR) is 98.2 cm³/mol. The van der Waals surface area contributed by atoms with Gasteiger partial charge in [0.1, 0.15) is 0 Å². The first-order valence-corrected chi connectivity index (χ1v) is 8.73. The van der Waals surface area contributed by atoms with Gasteiger partial charge in [-0.3, -0.25) is 0 Å². The van der Waals surface area contributed by atoms with Crippen LogP contribution in [0.15, 0.2) is 65.1 Å². The Hall–Kier alpha value is -1.12. The highest BCUT2D eigenvalue weighted by atomic mass is 79.9. The van der Waals surface area contributed by atoms with E-state index < -0.39 is 0 Å². The fraction of sp³-hybridized carbons (Fsp3) is 0.158. The number of hydrogen-bond acceptors (Lipinski definition) is 0. The SMILES string of the molecule is Cc1ccc2ccccc2c1C(Br)Cc1ccc(Br)cc1. The minimum absolute atomic E-state index is 0.324. The molecule has 0 saturated carbocycles. The Balaban J connectivity index is 1.99. The normalized spacial score (nSPS) is 12.5. The van der Waals surface area contributed by atoms with Crippen LogP contribution in [0.4, 0.5) is 0 Å². The Labute approximate surface area is 142 Å². The Morgan fingerprint density at radius 2 is 1.62 bits per heavy atom. The minimum Gasteiger partial charge on any atom is -0.0835 e. The van der Waals surface area contributed by atoms with Crippen LogP contribution >= 0.6 is 31.9 Å². The van der Waals surface area contributed by atoms with Crippen molar-refractivity contribution >= 4 is 42.6 Å². The number of benzene rings is 3. The van der Waals surface area contributed by atoms with E-state index in [4.69, 9.17) is 0 Å². The maximum Gasteiger partial charge on any atom is 0.0444 e. The topological polar surface area (TPSA) is 0 Å². The molecular formula is C19H16Br2. The number of rotatable bonds is 3. The summed E-state index contributed by atoms with van der Waals surface area (Å²) in [4.78, 5) is 0.324. The molecule has 0 nitrogen and oxygen atoms in total. The number of aryl methyl sites for hydroxylation is 1. The molecule has 106 valence electrons. The summed E-state index contributed by atoms with van der Waals surface area (Å²) in [6.07, 6.45) is 0.988. The van der Waals surface area contributed by atoms with E-state index in [0.29, 0.717) is 4.83 Å². The molecule has 0 aliphatic heterocycles. The highest BCUT2D eigenvalue weighted by Gasteiger charge is 2.14. The van der Waals surface area contributed by atoms with Crippen LogP contribution in [-0.4, -0.2) is 0 Å². The molecule has 0 spiro atoms. The van der Waals surface area contributed by atoms with Crippen LogP contribution in [0.1, 0.15) is 21.5 Å². The molecule has 0 heterocycles. The summed E-state index contributed by atoms with van der Waals surface area (Å²) in [5.41, 5.74) is 4.08. The van der Waals surface area contributed by atoms with Crippen molar-refractivity contribution in [2.75, 3.05) is 0 Å². The van der Waals surface area contributed by atoms with E-state index in [-0.39, 0.29) is 0 Å².